The third-order valence-corrected chi connectivity index (χ3v) is 3.29. The van der Waals surface area contributed by atoms with Crippen molar-refractivity contribution in [1.82, 2.24) is 0 Å². The van der Waals surface area contributed by atoms with E-state index in [0.29, 0.717) is 12.4 Å². The summed E-state index contributed by atoms with van der Waals surface area (Å²) in [5, 5.41) is 10.6. The number of phenolic OH excluding ortho intramolecular Hbond substituents is 1. The standard InChI is InChI=1S/C18H28O2/c1-8-9-10-20-13-11-14(17(2,3)4)16(19)15(12-13)18(5,6)7/h8,11-12,19H,1,9-10H2,2-7H3. The molecular weight excluding hydrogens is 248 g/mol. The minimum Gasteiger partial charge on any atom is -0.507 e. The van der Waals surface area contributed by atoms with Crippen LogP contribution in [0.5, 0.6) is 11.5 Å². The van der Waals surface area contributed by atoms with Crippen LogP contribution in [-0.2, 0) is 10.8 Å². The molecule has 0 spiro atoms. The van der Waals surface area contributed by atoms with Crippen molar-refractivity contribution in [3.8, 4) is 11.5 Å². The molecule has 0 aliphatic carbocycles. The maximum Gasteiger partial charge on any atom is 0.123 e. The lowest BCUT2D eigenvalue weighted by atomic mass is 9.79. The van der Waals surface area contributed by atoms with Gasteiger partial charge >= 0.3 is 0 Å². The number of aromatic hydroxyl groups is 1. The first kappa shape index (κ1) is 16.6. The van der Waals surface area contributed by atoms with Crippen LogP contribution in [0.15, 0.2) is 24.8 Å². The quantitative estimate of drug-likeness (QED) is 0.623. The summed E-state index contributed by atoms with van der Waals surface area (Å²) in [6, 6.07) is 3.90. The fraction of sp³-hybridized carbons (Fsp3) is 0.556. The van der Waals surface area contributed by atoms with Crippen molar-refractivity contribution in [2.24, 2.45) is 0 Å². The van der Waals surface area contributed by atoms with E-state index in [2.05, 4.69) is 48.1 Å². The lowest BCUT2D eigenvalue weighted by Crippen LogP contribution is -2.17. The molecule has 0 saturated carbocycles. The first-order chi connectivity index (χ1) is 9.07. The van der Waals surface area contributed by atoms with Crippen molar-refractivity contribution in [2.75, 3.05) is 6.61 Å². The first-order valence-electron chi connectivity index (χ1n) is 7.19. The molecule has 0 aliphatic rings. The number of benzene rings is 1. The summed E-state index contributed by atoms with van der Waals surface area (Å²) in [6.07, 6.45) is 2.66. The molecule has 0 aromatic heterocycles. The monoisotopic (exact) mass is 276 g/mol. The van der Waals surface area contributed by atoms with Gasteiger partial charge in [-0.25, -0.2) is 0 Å². The number of hydrogen-bond acceptors (Lipinski definition) is 2. The van der Waals surface area contributed by atoms with E-state index in [0.717, 1.165) is 23.3 Å². The van der Waals surface area contributed by atoms with E-state index >= 15 is 0 Å². The highest BCUT2D eigenvalue weighted by atomic mass is 16.5. The Bertz CT molecular complexity index is 438. The van der Waals surface area contributed by atoms with Crippen molar-refractivity contribution >= 4 is 0 Å². The Morgan fingerprint density at radius 2 is 1.50 bits per heavy atom. The van der Waals surface area contributed by atoms with Gasteiger partial charge in [0, 0.05) is 11.1 Å². The average Bonchev–Trinajstić information content (AvgIpc) is 2.28. The zero-order valence-corrected chi connectivity index (χ0v) is 13.7. The Hall–Kier alpha value is -1.44. The molecule has 0 fully saturated rings. The van der Waals surface area contributed by atoms with Gasteiger partial charge in [-0.3, -0.25) is 0 Å². The second-order valence-electron chi connectivity index (χ2n) is 7.29. The first-order valence-corrected chi connectivity index (χ1v) is 7.19. The molecule has 0 bridgehead atoms. The largest absolute Gasteiger partial charge is 0.507 e. The van der Waals surface area contributed by atoms with Crippen molar-refractivity contribution in [3.05, 3.63) is 35.9 Å². The Morgan fingerprint density at radius 3 is 1.85 bits per heavy atom. The van der Waals surface area contributed by atoms with Crippen LogP contribution in [0.2, 0.25) is 0 Å². The van der Waals surface area contributed by atoms with Gasteiger partial charge in [-0.05, 0) is 29.4 Å². The maximum atomic E-state index is 10.6. The second kappa shape index (κ2) is 5.90. The van der Waals surface area contributed by atoms with E-state index in [-0.39, 0.29) is 10.8 Å². The third-order valence-electron chi connectivity index (χ3n) is 3.29. The summed E-state index contributed by atoms with van der Waals surface area (Å²) in [5.41, 5.74) is 1.61. The minimum absolute atomic E-state index is 0.123. The fourth-order valence-electron chi connectivity index (χ4n) is 2.09. The number of phenols is 1. The molecule has 20 heavy (non-hydrogen) atoms. The van der Waals surface area contributed by atoms with Gasteiger partial charge in [-0.2, -0.15) is 0 Å². The molecule has 1 N–H and O–H groups in total. The predicted octanol–water partition coefficient (Wildman–Crippen LogP) is 4.94. The predicted molar refractivity (Wildman–Crippen MR) is 85.8 cm³/mol. The molecule has 1 rings (SSSR count). The number of hydrogen-bond donors (Lipinski definition) is 1. The van der Waals surface area contributed by atoms with E-state index in [9.17, 15) is 5.11 Å². The highest BCUT2D eigenvalue weighted by Gasteiger charge is 2.26. The van der Waals surface area contributed by atoms with Crippen LogP contribution in [0.25, 0.3) is 0 Å². The normalized spacial score (nSPS) is 12.3. The van der Waals surface area contributed by atoms with Crippen molar-refractivity contribution < 1.29 is 9.84 Å². The summed E-state index contributed by atoms with van der Waals surface area (Å²) in [5.74, 6) is 1.21. The van der Waals surface area contributed by atoms with E-state index in [1.54, 1.807) is 0 Å². The van der Waals surface area contributed by atoms with Crippen molar-refractivity contribution in [2.45, 2.75) is 58.8 Å². The molecule has 0 radical (unpaired) electrons. The lowest BCUT2D eigenvalue weighted by molar-refractivity contribution is 0.320. The van der Waals surface area contributed by atoms with Crippen LogP contribution < -0.4 is 4.74 Å². The van der Waals surface area contributed by atoms with E-state index < -0.39 is 0 Å². The van der Waals surface area contributed by atoms with Crippen LogP contribution in [0.4, 0.5) is 0 Å². The molecule has 2 heteroatoms. The van der Waals surface area contributed by atoms with Gasteiger partial charge in [0.05, 0.1) is 6.61 Å². The SMILES string of the molecule is C=CCCOc1cc(C(C)(C)C)c(O)c(C(C)(C)C)c1. The zero-order valence-electron chi connectivity index (χ0n) is 13.7. The molecule has 0 amide bonds. The smallest absolute Gasteiger partial charge is 0.123 e. The molecule has 1 aromatic carbocycles. The molecular formula is C18H28O2. The summed E-state index contributed by atoms with van der Waals surface area (Å²) in [4.78, 5) is 0. The Balaban J connectivity index is 3.31. The highest BCUT2D eigenvalue weighted by molar-refractivity contribution is 5.51. The lowest BCUT2D eigenvalue weighted by Gasteiger charge is -2.28. The third kappa shape index (κ3) is 4.03. The molecule has 0 unspecified atom stereocenters. The zero-order chi connectivity index (χ0) is 15.6. The van der Waals surface area contributed by atoms with Gasteiger partial charge < -0.3 is 9.84 Å². The van der Waals surface area contributed by atoms with Crippen LogP contribution in [0.3, 0.4) is 0 Å². The molecule has 2 nitrogen and oxygen atoms in total. The van der Waals surface area contributed by atoms with E-state index in [1.807, 2.05) is 18.2 Å². The Kier molecular flexibility index (Phi) is 4.90. The summed E-state index contributed by atoms with van der Waals surface area (Å²) in [7, 11) is 0. The molecule has 0 atom stereocenters. The molecule has 0 aliphatic heterocycles. The molecule has 0 saturated heterocycles. The number of ether oxygens (including phenoxy) is 1. The van der Waals surface area contributed by atoms with Gasteiger partial charge in [0.1, 0.15) is 11.5 Å². The van der Waals surface area contributed by atoms with Gasteiger partial charge in [0.25, 0.3) is 0 Å². The van der Waals surface area contributed by atoms with E-state index in [1.165, 1.54) is 0 Å². The fourth-order valence-corrected chi connectivity index (χ4v) is 2.09. The average molecular weight is 276 g/mol. The van der Waals surface area contributed by atoms with Crippen LogP contribution in [0.1, 0.15) is 59.1 Å². The van der Waals surface area contributed by atoms with Gasteiger partial charge in [-0.15, -0.1) is 6.58 Å². The van der Waals surface area contributed by atoms with E-state index in [4.69, 9.17) is 4.74 Å². The minimum atomic E-state index is -0.123. The summed E-state index contributed by atoms with van der Waals surface area (Å²) >= 11 is 0. The highest BCUT2D eigenvalue weighted by Crippen LogP contribution is 2.41. The Morgan fingerprint density at radius 1 is 1.05 bits per heavy atom. The second-order valence-corrected chi connectivity index (χ2v) is 7.29. The Labute approximate surface area is 123 Å². The van der Waals surface area contributed by atoms with Gasteiger partial charge in [0.2, 0.25) is 0 Å². The molecule has 112 valence electrons. The molecule has 1 aromatic rings. The number of rotatable bonds is 4. The topological polar surface area (TPSA) is 29.5 Å². The van der Waals surface area contributed by atoms with Gasteiger partial charge in [-0.1, -0.05) is 47.6 Å². The summed E-state index contributed by atoms with van der Waals surface area (Å²) in [6.45, 7) is 16.9. The van der Waals surface area contributed by atoms with Crippen LogP contribution in [-0.4, -0.2) is 11.7 Å². The van der Waals surface area contributed by atoms with Crippen LogP contribution in [0, 0.1) is 0 Å². The molecule has 0 heterocycles. The summed E-state index contributed by atoms with van der Waals surface area (Å²) < 4.78 is 5.79. The van der Waals surface area contributed by atoms with Crippen molar-refractivity contribution in [1.29, 1.82) is 0 Å². The maximum absolute atomic E-state index is 10.6. The van der Waals surface area contributed by atoms with Gasteiger partial charge in [0.15, 0.2) is 0 Å². The van der Waals surface area contributed by atoms with Crippen LogP contribution >= 0.6 is 0 Å². The van der Waals surface area contributed by atoms with Crippen molar-refractivity contribution in [3.63, 3.8) is 0 Å².